The van der Waals surface area contributed by atoms with Crippen LogP contribution in [0.25, 0.3) is 11.0 Å². The van der Waals surface area contributed by atoms with Crippen LogP contribution >= 0.6 is 0 Å². The summed E-state index contributed by atoms with van der Waals surface area (Å²) in [6.07, 6.45) is 3.14. The van der Waals surface area contributed by atoms with Gasteiger partial charge < -0.3 is 4.42 Å². The topological polar surface area (TPSA) is 30.2 Å². The molecule has 0 bridgehead atoms. The van der Waals surface area contributed by atoms with Gasteiger partial charge in [0.1, 0.15) is 11.4 Å². The lowest BCUT2D eigenvalue weighted by atomic mass is 9.92. The lowest BCUT2D eigenvalue weighted by molar-refractivity contribution is 0.0870. The number of carbonyl (C=O) groups excluding carboxylic acids is 1. The monoisotopic (exact) mass is 246 g/mol. The first-order valence-corrected chi connectivity index (χ1v) is 6.38. The molecule has 3 heteroatoms. The molecule has 0 N–H and O–H groups in total. The van der Waals surface area contributed by atoms with E-state index in [4.69, 9.17) is 4.42 Å². The van der Waals surface area contributed by atoms with Crippen molar-refractivity contribution < 1.29 is 13.6 Å². The molecule has 1 aliphatic carbocycles. The number of carbonyl (C=O) groups is 1. The summed E-state index contributed by atoms with van der Waals surface area (Å²) in [6, 6.07) is 5.97. The van der Waals surface area contributed by atoms with Crippen molar-refractivity contribution in [3.8, 4) is 0 Å². The smallest absolute Gasteiger partial charge is 0.201 e. The predicted molar refractivity (Wildman–Crippen MR) is 67.0 cm³/mol. The Morgan fingerprint density at radius 2 is 2.17 bits per heavy atom. The first-order chi connectivity index (χ1) is 8.65. The van der Waals surface area contributed by atoms with Crippen LogP contribution in [0.4, 0.5) is 4.39 Å². The molecule has 2 aromatic rings. The fourth-order valence-corrected chi connectivity index (χ4v) is 2.85. The van der Waals surface area contributed by atoms with Gasteiger partial charge >= 0.3 is 0 Å². The number of halogens is 1. The van der Waals surface area contributed by atoms with Gasteiger partial charge in [-0.2, -0.15) is 0 Å². The van der Waals surface area contributed by atoms with Crippen LogP contribution in [0.15, 0.2) is 28.7 Å². The Kier molecular flexibility index (Phi) is 2.69. The van der Waals surface area contributed by atoms with Crippen LogP contribution in [0.1, 0.15) is 36.7 Å². The minimum absolute atomic E-state index is 0.0652. The molecule has 2 nitrogen and oxygen atoms in total. The average molecular weight is 246 g/mol. The molecule has 1 aromatic carbocycles. The van der Waals surface area contributed by atoms with Crippen LogP contribution in [0, 0.1) is 17.7 Å². The number of hydrogen-bond acceptors (Lipinski definition) is 2. The van der Waals surface area contributed by atoms with Gasteiger partial charge in [-0.3, -0.25) is 4.79 Å². The zero-order valence-corrected chi connectivity index (χ0v) is 10.3. The Labute approximate surface area is 105 Å². The van der Waals surface area contributed by atoms with Gasteiger partial charge in [0.25, 0.3) is 0 Å². The number of hydrogen-bond donors (Lipinski definition) is 0. The standard InChI is InChI=1S/C15H15FO2/c1-9-3-2-4-12(9)15(17)14-8-10-7-11(16)5-6-13(10)18-14/h5-9,12H,2-4H2,1H3. The van der Waals surface area contributed by atoms with Gasteiger partial charge in [-0.15, -0.1) is 0 Å². The van der Waals surface area contributed by atoms with Gasteiger partial charge in [-0.25, -0.2) is 4.39 Å². The zero-order valence-electron chi connectivity index (χ0n) is 10.3. The summed E-state index contributed by atoms with van der Waals surface area (Å²) in [7, 11) is 0. The second-order valence-corrected chi connectivity index (χ2v) is 5.17. The minimum Gasteiger partial charge on any atom is -0.453 e. The molecule has 0 amide bonds. The maximum absolute atomic E-state index is 13.1. The fraction of sp³-hybridized carbons (Fsp3) is 0.400. The first-order valence-electron chi connectivity index (χ1n) is 6.38. The summed E-state index contributed by atoms with van der Waals surface area (Å²) >= 11 is 0. The number of fused-ring (bicyclic) bond motifs is 1. The highest BCUT2D eigenvalue weighted by atomic mass is 19.1. The van der Waals surface area contributed by atoms with Crippen LogP contribution in [0.5, 0.6) is 0 Å². The molecule has 18 heavy (non-hydrogen) atoms. The third kappa shape index (κ3) is 1.84. The van der Waals surface area contributed by atoms with E-state index in [1.54, 1.807) is 12.1 Å². The summed E-state index contributed by atoms with van der Waals surface area (Å²) in [5.74, 6) is 0.611. The highest BCUT2D eigenvalue weighted by Crippen LogP contribution is 2.34. The molecule has 2 unspecified atom stereocenters. The van der Waals surface area contributed by atoms with E-state index in [1.165, 1.54) is 12.1 Å². The van der Waals surface area contributed by atoms with E-state index in [1.807, 2.05) is 0 Å². The first kappa shape index (κ1) is 11.5. The summed E-state index contributed by atoms with van der Waals surface area (Å²) < 4.78 is 18.6. The Hall–Kier alpha value is -1.64. The minimum atomic E-state index is -0.309. The second kappa shape index (κ2) is 4.23. The van der Waals surface area contributed by atoms with E-state index in [0.29, 0.717) is 22.6 Å². The van der Waals surface area contributed by atoms with Crippen LogP contribution in [-0.2, 0) is 0 Å². The van der Waals surface area contributed by atoms with Crippen LogP contribution in [0.2, 0.25) is 0 Å². The van der Waals surface area contributed by atoms with Crippen molar-refractivity contribution in [3.63, 3.8) is 0 Å². The van der Waals surface area contributed by atoms with E-state index >= 15 is 0 Å². The average Bonchev–Trinajstić information content (AvgIpc) is 2.93. The number of ketones is 1. The van der Waals surface area contributed by atoms with Crippen molar-refractivity contribution >= 4 is 16.8 Å². The van der Waals surface area contributed by atoms with Crippen molar-refractivity contribution in [1.29, 1.82) is 0 Å². The SMILES string of the molecule is CC1CCCC1C(=O)c1cc2cc(F)ccc2o1. The summed E-state index contributed by atoms with van der Waals surface area (Å²) in [6.45, 7) is 2.11. The second-order valence-electron chi connectivity index (χ2n) is 5.17. The summed E-state index contributed by atoms with van der Waals surface area (Å²) in [4.78, 5) is 12.3. The predicted octanol–water partition coefficient (Wildman–Crippen LogP) is 4.19. The molecular weight excluding hydrogens is 231 g/mol. The van der Waals surface area contributed by atoms with Gasteiger partial charge in [0, 0.05) is 11.3 Å². The number of Topliss-reactive ketones (excluding diaryl/α,β-unsaturated/α-hetero) is 1. The highest BCUT2D eigenvalue weighted by Gasteiger charge is 2.32. The molecule has 1 heterocycles. The van der Waals surface area contributed by atoms with E-state index in [-0.39, 0.29) is 17.5 Å². The molecule has 3 rings (SSSR count). The lowest BCUT2D eigenvalue weighted by Gasteiger charge is -2.11. The van der Waals surface area contributed by atoms with Crippen molar-refractivity contribution in [2.45, 2.75) is 26.2 Å². The van der Waals surface area contributed by atoms with Gasteiger partial charge in [-0.05, 0) is 43.0 Å². The Morgan fingerprint density at radius 1 is 1.33 bits per heavy atom. The van der Waals surface area contributed by atoms with Gasteiger partial charge in [0.15, 0.2) is 5.76 Å². The van der Waals surface area contributed by atoms with Crippen LogP contribution < -0.4 is 0 Å². The van der Waals surface area contributed by atoms with E-state index < -0.39 is 0 Å². The van der Waals surface area contributed by atoms with Crippen LogP contribution in [0.3, 0.4) is 0 Å². The van der Waals surface area contributed by atoms with Crippen molar-refractivity contribution in [3.05, 3.63) is 35.8 Å². The zero-order chi connectivity index (χ0) is 12.7. The Morgan fingerprint density at radius 3 is 2.89 bits per heavy atom. The molecule has 0 spiro atoms. The summed E-state index contributed by atoms with van der Waals surface area (Å²) in [5.41, 5.74) is 0.574. The molecule has 1 aromatic heterocycles. The maximum atomic E-state index is 13.1. The Bertz CT molecular complexity index is 600. The maximum Gasteiger partial charge on any atom is 0.201 e. The molecule has 94 valence electrons. The summed E-state index contributed by atoms with van der Waals surface area (Å²) in [5, 5.41) is 0.656. The third-order valence-corrected chi connectivity index (χ3v) is 3.92. The van der Waals surface area contributed by atoms with Gasteiger partial charge in [0.05, 0.1) is 0 Å². The van der Waals surface area contributed by atoms with E-state index in [9.17, 15) is 9.18 Å². The molecule has 0 saturated heterocycles. The largest absolute Gasteiger partial charge is 0.453 e. The molecule has 0 aliphatic heterocycles. The van der Waals surface area contributed by atoms with Crippen LogP contribution in [-0.4, -0.2) is 5.78 Å². The Balaban J connectivity index is 1.96. The fourth-order valence-electron chi connectivity index (χ4n) is 2.85. The molecule has 2 atom stereocenters. The lowest BCUT2D eigenvalue weighted by Crippen LogP contribution is -2.16. The third-order valence-electron chi connectivity index (χ3n) is 3.92. The van der Waals surface area contributed by atoms with Gasteiger partial charge in [0.2, 0.25) is 5.78 Å². The molecular formula is C15H15FO2. The normalized spacial score (nSPS) is 23.7. The number of furan rings is 1. The molecule has 1 aliphatic rings. The quantitative estimate of drug-likeness (QED) is 0.744. The molecule has 0 radical (unpaired) electrons. The van der Waals surface area contributed by atoms with E-state index in [0.717, 1.165) is 19.3 Å². The highest BCUT2D eigenvalue weighted by molar-refractivity contribution is 5.99. The number of rotatable bonds is 2. The van der Waals surface area contributed by atoms with E-state index in [2.05, 4.69) is 6.92 Å². The number of benzene rings is 1. The van der Waals surface area contributed by atoms with Gasteiger partial charge in [-0.1, -0.05) is 13.3 Å². The van der Waals surface area contributed by atoms with Crippen molar-refractivity contribution in [2.24, 2.45) is 11.8 Å². The molecule has 1 fully saturated rings. The van der Waals surface area contributed by atoms with Crippen molar-refractivity contribution in [1.82, 2.24) is 0 Å². The van der Waals surface area contributed by atoms with Crippen molar-refractivity contribution in [2.75, 3.05) is 0 Å². The molecule has 1 saturated carbocycles.